The highest BCUT2D eigenvalue weighted by Gasteiger charge is 2.24. The van der Waals surface area contributed by atoms with Crippen LogP contribution in [-0.2, 0) is 16.0 Å². The zero-order valence-electron chi connectivity index (χ0n) is 19.0. The number of nitrogens with zero attached hydrogens (tertiary/aromatic N) is 4. The molecule has 3 aromatic rings. The van der Waals surface area contributed by atoms with E-state index in [1.165, 1.54) is 6.07 Å². The Bertz CT molecular complexity index is 1210. The zero-order chi connectivity index (χ0) is 25.8. The van der Waals surface area contributed by atoms with Gasteiger partial charge in [-0.2, -0.15) is 4.98 Å². The topological polar surface area (TPSA) is 165 Å². The van der Waals surface area contributed by atoms with Gasteiger partial charge in [-0.15, -0.1) is 0 Å². The van der Waals surface area contributed by atoms with E-state index >= 15 is 0 Å². The van der Waals surface area contributed by atoms with Gasteiger partial charge in [-0.3, -0.25) is 0 Å². The molecule has 1 atom stereocenters. The average Bonchev–Trinajstić information content (AvgIpc) is 2.71. The van der Waals surface area contributed by atoms with Crippen LogP contribution in [0.5, 0.6) is 0 Å². The van der Waals surface area contributed by atoms with E-state index in [2.05, 4.69) is 30.6 Å². The summed E-state index contributed by atoms with van der Waals surface area (Å²) in [6.07, 6.45) is -0.744. The van der Waals surface area contributed by atoms with Crippen molar-refractivity contribution < 1.29 is 19.4 Å². The van der Waals surface area contributed by atoms with Crippen LogP contribution in [0.1, 0.15) is 26.3 Å². The number of carboxylic acids is 1. The number of aliphatic carboxylic acids is 1. The molecule has 13 heteroatoms. The number of carbonyl (C=O) groups excluding carboxylic acids is 1. The highest BCUT2D eigenvalue weighted by atomic mass is 35.5. The van der Waals surface area contributed by atoms with Crippen molar-refractivity contribution in [1.29, 1.82) is 0 Å². The number of anilines is 3. The van der Waals surface area contributed by atoms with Crippen molar-refractivity contribution in [3.63, 3.8) is 0 Å². The van der Waals surface area contributed by atoms with Gasteiger partial charge >= 0.3 is 12.1 Å². The lowest BCUT2D eigenvalue weighted by atomic mass is 10.0. The molecule has 11 nitrogen and oxygen atoms in total. The second-order valence-corrected chi connectivity index (χ2v) is 9.17. The molecule has 184 valence electrons. The first-order valence-corrected chi connectivity index (χ1v) is 11.1. The zero-order valence-corrected chi connectivity index (χ0v) is 20.6. The lowest BCUT2D eigenvalue weighted by Crippen LogP contribution is -2.44. The van der Waals surface area contributed by atoms with E-state index in [0.29, 0.717) is 22.6 Å². The summed E-state index contributed by atoms with van der Waals surface area (Å²) in [5, 5.41) is 15.1. The van der Waals surface area contributed by atoms with E-state index in [0.717, 1.165) is 0 Å². The number of aromatic nitrogens is 4. The molecule has 0 aliphatic heterocycles. The third-order valence-corrected chi connectivity index (χ3v) is 4.71. The molecule has 0 bridgehead atoms. The SMILES string of the molecule is CC(C)(C)OC(=O)N[C@@H](Cc1ccc(-c2cc(Cl)nc(Nc3cc(Cl)nc(N)n3)n2)cc1)C(=O)O. The third kappa shape index (κ3) is 7.94. The lowest BCUT2D eigenvalue weighted by Gasteiger charge is -2.22. The highest BCUT2D eigenvalue weighted by molar-refractivity contribution is 6.30. The first kappa shape index (κ1) is 25.9. The van der Waals surface area contributed by atoms with E-state index in [4.69, 9.17) is 33.7 Å². The Labute approximate surface area is 211 Å². The molecule has 1 amide bonds. The molecule has 0 spiro atoms. The molecule has 0 aliphatic rings. The smallest absolute Gasteiger partial charge is 0.408 e. The Hall–Kier alpha value is -3.70. The quantitative estimate of drug-likeness (QED) is 0.334. The van der Waals surface area contributed by atoms with Crippen LogP contribution in [-0.4, -0.2) is 48.7 Å². The minimum absolute atomic E-state index is 0.0151. The molecule has 0 aliphatic carbocycles. The largest absolute Gasteiger partial charge is 0.480 e. The van der Waals surface area contributed by atoms with Gasteiger partial charge < -0.3 is 26.2 Å². The van der Waals surface area contributed by atoms with Gasteiger partial charge in [-0.1, -0.05) is 47.5 Å². The van der Waals surface area contributed by atoms with Gasteiger partial charge in [0.2, 0.25) is 11.9 Å². The van der Waals surface area contributed by atoms with Crippen LogP contribution in [0, 0.1) is 0 Å². The molecule has 0 saturated carbocycles. The molecular formula is C22H23Cl2N7O4. The molecule has 1 aromatic carbocycles. The predicted octanol–water partition coefficient (Wildman–Crippen LogP) is 4.09. The summed E-state index contributed by atoms with van der Waals surface area (Å²) in [7, 11) is 0. The Morgan fingerprint density at radius 1 is 1.06 bits per heavy atom. The van der Waals surface area contributed by atoms with Gasteiger partial charge in [0, 0.05) is 24.1 Å². The molecule has 5 N–H and O–H groups in total. The molecule has 0 radical (unpaired) electrons. The number of ether oxygens (including phenoxy) is 1. The van der Waals surface area contributed by atoms with Crippen LogP contribution < -0.4 is 16.4 Å². The van der Waals surface area contributed by atoms with Crippen LogP contribution in [0.4, 0.5) is 22.5 Å². The van der Waals surface area contributed by atoms with Gasteiger partial charge in [0.1, 0.15) is 27.8 Å². The normalized spacial score (nSPS) is 12.0. The summed E-state index contributed by atoms with van der Waals surface area (Å²) in [5.41, 5.74) is 6.75. The summed E-state index contributed by atoms with van der Waals surface area (Å²) in [4.78, 5) is 40.0. The number of hydrogen-bond acceptors (Lipinski definition) is 9. The predicted molar refractivity (Wildman–Crippen MR) is 132 cm³/mol. The number of carboxylic acid groups (broad SMARTS) is 1. The summed E-state index contributed by atoms with van der Waals surface area (Å²) >= 11 is 12.1. The van der Waals surface area contributed by atoms with Gasteiger partial charge in [0.05, 0.1) is 5.69 Å². The van der Waals surface area contributed by atoms with Crippen LogP contribution in [0.15, 0.2) is 36.4 Å². The van der Waals surface area contributed by atoms with Gasteiger partial charge in [0.15, 0.2) is 0 Å². The number of rotatable bonds is 7. The number of carbonyl (C=O) groups is 2. The Balaban J connectivity index is 1.75. The van der Waals surface area contributed by atoms with Crippen molar-refractivity contribution in [2.45, 2.75) is 38.8 Å². The van der Waals surface area contributed by atoms with Crippen molar-refractivity contribution in [3.8, 4) is 11.3 Å². The number of nitrogen functional groups attached to an aromatic ring is 1. The number of hydrogen-bond donors (Lipinski definition) is 4. The second-order valence-electron chi connectivity index (χ2n) is 8.40. The highest BCUT2D eigenvalue weighted by Crippen LogP contribution is 2.24. The number of benzene rings is 1. The van der Waals surface area contributed by atoms with Crippen LogP contribution in [0.3, 0.4) is 0 Å². The van der Waals surface area contributed by atoms with Crippen molar-refractivity contribution in [2.75, 3.05) is 11.1 Å². The minimum Gasteiger partial charge on any atom is -0.480 e. The number of halogens is 2. The van der Waals surface area contributed by atoms with Gasteiger partial charge in [-0.25, -0.2) is 24.5 Å². The first-order chi connectivity index (χ1) is 16.4. The van der Waals surface area contributed by atoms with Crippen molar-refractivity contribution in [3.05, 3.63) is 52.3 Å². The maximum absolute atomic E-state index is 12.0. The molecule has 2 aromatic heterocycles. The van der Waals surface area contributed by atoms with Crippen LogP contribution in [0.2, 0.25) is 10.3 Å². The molecule has 0 fully saturated rings. The van der Waals surface area contributed by atoms with Crippen molar-refractivity contribution in [1.82, 2.24) is 25.3 Å². The van der Waals surface area contributed by atoms with Crippen LogP contribution in [0.25, 0.3) is 11.3 Å². The summed E-state index contributed by atoms with van der Waals surface area (Å²) in [6.45, 7) is 5.08. The fraction of sp³-hybridized carbons (Fsp3) is 0.273. The van der Waals surface area contributed by atoms with E-state index in [1.807, 2.05) is 0 Å². The molecule has 0 unspecified atom stereocenters. The van der Waals surface area contributed by atoms with E-state index in [9.17, 15) is 14.7 Å². The van der Waals surface area contributed by atoms with Crippen molar-refractivity contribution in [2.24, 2.45) is 0 Å². The number of nitrogens with one attached hydrogen (secondary N) is 2. The Kier molecular flexibility index (Phi) is 7.92. The lowest BCUT2D eigenvalue weighted by molar-refractivity contribution is -0.139. The average molecular weight is 520 g/mol. The Morgan fingerprint density at radius 2 is 1.71 bits per heavy atom. The monoisotopic (exact) mass is 519 g/mol. The maximum atomic E-state index is 12.0. The van der Waals surface area contributed by atoms with Gasteiger partial charge in [0.25, 0.3) is 0 Å². The standard InChI is InChI=1S/C22H23Cl2N7O4/c1-22(2,3)35-21(34)27-14(18(32)33)8-11-4-6-12(7-5-11)13-9-15(23)29-20(26-13)31-17-10-16(24)28-19(25)30-17/h4-7,9-10,14H,8H2,1-3H3,(H,27,34)(H,32,33)(H3,25,26,28,29,30,31)/t14-/m0/s1. The molecule has 35 heavy (non-hydrogen) atoms. The minimum atomic E-state index is -1.18. The molecule has 3 rings (SSSR count). The maximum Gasteiger partial charge on any atom is 0.408 e. The number of amides is 1. The van der Waals surface area contributed by atoms with Gasteiger partial charge in [-0.05, 0) is 26.3 Å². The molecule has 2 heterocycles. The summed E-state index contributed by atoms with van der Waals surface area (Å²) in [5.74, 6) is -0.733. The number of alkyl carbamates (subject to hydrolysis) is 1. The summed E-state index contributed by atoms with van der Waals surface area (Å²) in [6, 6.07) is 8.85. The van der Waals surface area contributed by atoms with Crippen LogP contribution >= 0.6 is 23.2 Å². The number of nitrogens with two attached hydrogens (primary N) is 1. The third-order valence-electron chi connectivity index (χ3n) is 4.33. The summed E-state index contributed by atoms with van der Waals surface area (Å²) < 4.78 is 5.14. The fourth-order valence-corrected chi connectivity index (χ4v) is 3.31. The Morgan fingerprint density at radius 3 is 2.31 bits per heavy atom. The molecule has 0 saturated heterocycles. The first-order valence-electron chi connectivity index (χ1n) is 10.3. The molecular weight excluding hydrogens is 497 g/mol. The van der Waals surface area contributed by atoms with E-state index in [1.54, 1.807) is 51.1 Å². The van der Waals surface area contributed by atoms with E-state index in [-0.39, 0.29) is 28.6 Å². The fourth-order valence-electron chi connectivity index (χ4n) is 2.93. The van der Waals surface area contributed by atoms with E-state index < -0.39 is 23.7 Å². The second kappa shape index (κ2) is 10.7. The van der Waals surface area contributed by atoms with Crippen molar-refractivity contribution >= 4 is 53.0 Å².